The van der Waals surface area contributed by atoms with Crippen molar-refractivity contribution in [3.63, 3.8) is 0 Å². The zero-order valence-electron chi connectivity index (χ0n) is 7.53. The van der Waals surface area contributed by atoms with Gasteiger partial charge in [0.1, 0.15) is 6.29 Å². The molecule has 0 N–H and O–H groups in total. The van der Waals surface area contributed by atoms with Crippen LogP contribution in [0.15, 0.2) is 12.3 Å². The van der Waals surface area contributed by atoms with Gasteiger partial charge in [0.2, 0.25) is 0 Å². The van der Waals surface area contributed by atoms with Crippen LogP contribution in [0.4, 0.5) is 0 Å². The van der Waals surface area contributed by atoms with E-state index in [9.17, 15) is 4.79 Å². The van der Waals surface area contributed by atoms with Crippen molar-refractivity contribution in [2.75, 3.05) is 0 Å². The third-order valence-corrected chi connectivity index (χ3v) is 1.71. The zero-order chi connectivity index (χ0) is 8.97. The summed E-state index contributed by atoms with van der Waals surface area (Å²) in [6.07, 6.45) is 4.19. The number of hydrogen-bond donors (Lipinski definition) is 0. The molecule has 1 aromatic rings. The molecule has 0 saturated heterocycles. The topological polar surface area (TPSA) is 34.9 Å². The summed E-state index contributed by atoms with van der Waals surface area (Å²) in [5.41, 5.74) is 0.996. The molecule has 0 amide bonds. The molecule has 0 fully saturated rings. The smallest absolute Gasteiger partial charge is 0.120 e. The van der Waals surface area contributed by atoms with E-state index in [0.29, 0.717) is 12.5 Å². The number of aldehydes is 1. The summed E-state index contributed by atoms with van der Waals surface area (Å²) in [6, 6.07) is 2.36. The molecule has 3 nitrogen and oxygen atoms in total. The molecule has 0 saturated carbocycles. The number of rotatable bonds is 4. The predicted octanol–water partition coefficient (Wildman–Crippen LogP) is 1.60. The molecule has 0 aromatic carbocycles. The maximum atomic E-state index is 10.1. The fourth-order valence-electron chi connectivity index (χ4n) is 1.01. The summed E-state index contributed by atoms with van der Waals surface area (Å²) in [5, 5.41) is 4.31. The van der Waals surface area contributed by atoms with Gasteiger partial charge in [0, 0.05) is 18.7 Å². The van der Waals surface area contributed by atoms with Gasteiger partial charge in [-0.05, 0) is 26.3 Å². The maximum Gasteiger partial charge on any atom is 0.120 e. The van der Waals surface area contributed by atoms with Gasteiger partial charge >= 0.3 is 0 Å². The van der Waals surface area contributed by atoms with E-state index < -0.39 is 0 Å². The normalized spacial score (nSPS) is 10.6. The Kier molecular flexibility index (Phi) is 3.02. The van der Waals surface area contributed by atoms with E-state index in [-0.39, 0.29) is 0 Å². The lowest BCUT2D eigenvalue weighted by molar-refractivity contribution is -0.107. The second-order valence-electron chi connectivity index (χ2n) is 3.09. The first-order valence-corrected chi connectivity index (χ1v) is 4.21. The van der Waals surface area contributed by atoms with E-state index >= 15 is 0 Å². The Balaban J connectivity index is 2.58. The van der Waals surface area contributed by atoms with Crippen LogP contribution in [0.1, 0.15) is 32.0 Å². The van der Waals surface area contributed by atoms with Gasteiger partial charge in [0.25, 0.3) is 0 Å². The summed E-state index contributed by atoms with van der Waals surface area (Å²) < 4.78 is 1.90. The minimum absolute atomic E-state index is 0.398. The van der Waals surface area contributed by atoms with Crippen molar-refractivity contribution < 1.29 is 4.79 Å². The van der Waals surface area contributed by atoms with Crippen molar-refractivity contribution >= 4 is 6.29 Å². The first-order chi connectivity index (χ1) is 5.74. The molecule has 3 heteroatoms. The zero-order valence-corrected chi connectivity index (χ0v) is 7.53. The molecular formula is C9H14N2O. The highest BCUT2D eigenvalue weighted by Crippen LogP contribution is 2.05. The number of hydrogen-bond acceptors (Lipinski definition) is 2. The monoisotopic (exact) mass is 166 g/mol. The fourth-order valence-corrected chi connectivity index (χ4v) is 1.01. The van der Waals surface area contributed by atoms with Crippen molar-refractivity contribution in [3.05, 3.63) is 18.0 Å². The molecule has 0 spiro atoms. The second-order valence-corrected chi connectivity index (χ2v) is 3.09. The quantitative estimate of drug-likeness (QED) is 0.637. The molecule has 0 aliphatic carbocycles. The Morgan fingerprint density at radius 1 is 1.67 bits per heavy atom. The van der Waals surface area contributed by atoms with Crippen LogP contribution in [0.3, 0.4) is 0 Å². The van der Waals surface area contributed by atoms with Crippen LogP contribution < -0.4 is 0 Å². The molecule has 0 atom stereocenters. The molecule has 0 unspecified atom stereocenters. The first-order valence-electron chi connectivity index (χ1n) is 4.21. The van der Waals surface area contributed by atoms with Gasteiger partial charge in [-0.15, -0.1) is 0 Å². The molecule has 0 radical (unpaired) electrons. The van der Waals surface area contributed by atoms with Crippen LogP contribution in [0.25, 0.3) is 0 Å². The number of carbonyl (C=O) groups excluding carboxylic acids is 1. The Morgan fingerprint density at radius 2 is 2.42 bits per heavy atom. The highest BCUT2D eigenvalue weighted by atomic mass is 16.1. The lowest BCUT2D eigenvalue weighted by atomic mass is 10.2. The molecule has 66 valence electrons. The number of aromatic nitrogens is 2. The molecule has 1 heterocycles. The molecule has 0 aliphatic rings. The number of aryl methyl sites for hydroxylation is 1. The molecule has 1 aromatic heterocycles. The molecule has 12 heavy (non-hydrogen) atoms. The van der Waals surface area contributed by atoms with E-state index in [4.69, 9.17) is 0 Å². The van der Waals surface area contributed by atoms with Crippen LogP contribution in [0, 0.1) is 0 Å². The third-order valence-electron chi connectivity index (χ3n) is 1.71. The average Bonchev–Trinajstić information content (AvgIpc) is 2.48. The summed E-state index contributed by atoms with van der Waals surface area (Å²) in [5.74, 6) is 0. The van der Waals surface area contributed by atoms with Crippen LogP contribution in [-0.4, -0.2) is 16.1 Å². The van der Waals surface area contributed by atoms with Gasteiger partial charge in [-0.3, -0.25) is 4.68 Å². The largest absolute Gasteiger partial charge is 0.303 e. The summed E-state index contributed by atoms with van der Waals surface area (Å²) in [6.45, 7) is 4.16. The minimum atomic E-state index is 0.398. The summed E-state index contributed by atoms with van der Waals surface area (Å²) in [7, 11) is 0. The first kappa shape index (κ1) is 8.97. The summed E-state index contributed by atoms with van der Waals surface area (Å²) in [4.78, 5) is 10.1. The highest BCUT2D eigenvalue weighted by Gasteiger charge is 2.00. The van der Waals surface area contributed by atoms with Crippen LogP contribution in [0.5, 0.6) is 0 Å². The Labute approximate surface area is 72.4 Å². The van der Waals surface area contributed by atoms with E-state index in [0.717, 1.165) is 18.4 Å². The SMILES string of the molecule is CC(C)n1ccc(CCC=O)n1. The lowest BCUT2D eigenvalue weighted by Gasteiger charge is -2.03. The van der Waals surface area contributed by atoms with Crippen molar-refractivity contribution in [2.45, 2.75) is 32.7 Å². The van der Waals surface area contributed by atoms with Crippen molar-refractivity contribution in [1.29, 1.82) is 0 Å². The van der Waals surface area contributed by atoms with Gasteiger partial charge in [-0.2, -0.15) is 5.10 Å². The van der Waals surface area contributed by atoms with Crippen LogP contribution >= 0.6 is 0 Å². The van der Waals surface area contributed by atoms with Crippen molar-refractivity contribution in [1.82, 2.24) is 9.78 Å². The molecule has 0 aliphatic heterocycles. The number of carbonyl (C=O) groups is 1. The second kappa shape index (κ2) is 4.04. The Hall–Kier alpha value is -1.12. The predicted molar refractivity (Wildman–Crippen MR) is 47.0 cm³/mol. The van der Waals surface area contributed by atoms with E-state index in [1.165, 1.54) is 0 Å². The fraction of sp³-hybridized carbons (Fsp3) is 0.556. The molecular weight excluding hydrogens is 152 g/mol. The van der Waals surface area contributed by atoms with E-state index in [2.05, 4.69) is 18.9 Å². The van der Waals surface area contributed by atoms with E-state index in [1.54, 1.807) is 0 Å². The van der Waals surface area contributed by atoms with Crippen molar-refractivity contribution in [3.8, 4) is 0 Å². The molecule has 1 rings (SSSR count). The lowest BCUT2D eigenvalue weighted by Crippen LogP contribution is -2.01. The minimum Gasteiger partial charge on any atom is -0.303 e. The Morgan fingerprint density at radius 3 is 2.92 bits per heavy atom. The summed E-state index contributed by atoms with van der Waals surface area (Å²) >= 11 is 0. The Bertz CT molecular complexity index is 253. The number of nitrogens with zero attached hydrogens (tertiary/aromatic N) is 2. The van der Waals surface area contributed by atoms with Gasteiger partial charge in [0.15, 0.2) is 0 Å². The van der Waals surface area contributed by atoms with E-state index in [1.807, 2.05) is 16.9 Å². The standard InChI is InChI=1S/C9H14N2O/c1-8(2)11-6-5-9(10-11)4-3-7-12/h5-8H,3-4H2,1-2H3. The maximum absolute atomic E-state index is 10.1. The van der Waals surface area contributed by atoms with Crippen LogP contribution in [-0.2, 0) is 11.2 Å². The third kappa shape index (κ3) is 2.19. The van der Waals surface area contributed by atoms with Gasteiger partial charge in [-0.25, -0.2) is 0 Å². The molecule has 0 bridgehead atoms. The van der Waals surface area contributed by atoms with Gasteiger partial charge in [0.05, 0.1) is 5.69 Å². The highest BCUT2D eigenvalue weighted by molar-refractivity contribution is 5.49. The van der Waals surface area contributed by atoms with Crippen molar-refractivity contribution in [2.24, 2.45) is 0 Å². The van der Waals surface area contributed by atoms with Crippen LogP contribution in [0.2, 0.25) is 0 Å². The van der Waals surface area contributed by atoms with Gasteiger partial charge in [-0.1, -0.05) is 0 Å². The van der Waals surface area contributed by atoms with Gasteiger partial charge < -0.3 is 4.79 Å². The average molecular weight is 166 g/mol.